The van der Waals surface area contributed by atoms with Crippen molar-refractivity contribution in [2.24, 2.45) is 0 Å². The highest BCUT2D eigenvalue weighted by Crippen LogP contribution is 2.29. The van der Waals surface area contributed by atoms with E-state index in [4.69, 9.17) is 4.74 Å². The maximum atomic E-state index is 12.6. The van der Waals surface area contributed by atoms with Crippen LogP contribution in [0.15, 0.2) is 127 Å². The molecule has 5 aromatic carbocycles. The lowest BCUT2D eigenvalue weighted by Crippen LogP contribution is -2.28. The fourth-order valence-electron chi connectivity index (χ4n) is 5.71. The van der Waals surface area contributed by atoms with Crippen LogP contribution in [0.25, 0.3) is 21.8 Å². The molecule has 0 fully saturated rings. The van der Waals surface area contributed by atoms with Crippen molar-refractivity contribution in [3.63, 3.8) is 0 Å². The van der Waals surface area contributed by atoms with Crippen LogP contribution in [-0.4, -0.2) is 37.9 Å². The van der Waals surface area contributed by atoms with E-state index in [9.17, 15) is 13.5 Å². The van der Waals surface area contributed by atoms with Crippen molar-refractivity contribution in [3.8, 4) is 5.75 Å². The number of aliphatic hydroxyl groups excluding tert-OH is 1. The van der Waals surface area contributed by atoms with Crippen LogP contribution in [0.1, 0.15) is 40.6 Å². The number of aromatic nitrogens is 1. The van der Waals surface area contributed by atoms with E-state index in [2.05, 4.69) is 45.9 Å². The summed E-state index contributed by atoms with van der Waals surface area (Å²) in [5.74, 6) is 0.799. The molecule has 1 aromatic heterocycles. The van der Waals surface area contributed by atoms with Gasteiger partial charge in [-0.25, -0.2) is 8.42 Å². The molecule has 1 heterocycles. The Morgan fingerprint density at radius 1 is 0.733 bits per heavy atom. The van der Waals surface area contributed by atoms with Crippen LogP contribution in [0.2, 0.25) is 0 Å². The van der Waals surface area contributed by atoms with Gasteiger partial charge in [0, 0.05) is 53.3 Å². The highest BCUT2D eigenvalue weighted by molar-refractivity contribution is 7.91. The summed E-state index contributed by atoms with van der Waals surface area (Å²) in [6.45, 7) is 0.790. The molecule has 0 aliphatic heterocycles. The van der Waals surface area contributed by atoms with Crippen LogP contribution in [0, 0.1) is 0 Å². The lowest BCUT2D eigenvalue weighted by Gasteiger charge is -2.23. The molecule has 0 aliphatic carbocycles. The van der Waals surface area contributed by atoms with Crippen molar-refractivity contribution >= 4 is 37.3 Å². The fraction of sp³-hybridized carbons (Fsp3) is 0.189. The largest absolute Gasteiger partial charge is 0.493 e. The minimum absolute atomic E-state index is 0.0494. The fourth-order valence-corrected chi connectivity index (χ4v) is 6.72. The first-order valence-electron chi connectivity index (χ1n) is 15.0. The molecule has 45 heavy (non-hydrogen) atoms. The Labute approximate surface area is 263 Å². The maximum absolute atomic E-state index is 12.6. The van der Waals surface area contributed by atoms with Gasteiger partial charge in [-0.3, -0.25) is 0 Å². The Kier molecular flexibility index (Phi) is 9.16. The Morgan fingerprint density at radius 3 is 2.16 bits per heavy atom. The summed E-state index contributed by atoms with van der Waals surface area (Å²) in [5, 5.41) is 19.3. The second kappa shape index (κ2) is 13.6. The number of anilines is 1. The summed E-state index contributed by atoms with van der Waals surface area (Å²) in [6, 6.07) is 40.8. The molecular formula is C37H37N3O4S. The molecule has 230 valence electrons. The average Bonchev–Trinajstić information content (AvgIpc) is 3.43. The normalized spacial score (nSPS) is 13.8. The smallest absolute Gasteiger partial charge is 0.172 e. The molecule has 8 heteroatoms. The topological polar surface area (TPSA) is 103 Å². The van der Waals surface area contributed by atoms with Crippen molar-refractivity contribution in [2.75, 3.05) is 24.7 Å². The number of benzene rings is 5. The van der Waals surface area contributed by atoms with Gasteiger partial charge >= 0.3 is 0 Å². The van der Waals surface area contributed by atoms with E-state index in [1.807, 2.05) is 78.9 Å². The standard InChI is InChI=1S/C37H37N3O4S/c1-45(42,43)37(27-13-6-3-7-14-27)39-29-16-10-15-28(23-29)36(41)25-38-33(26-11-4-2-5-12-26)21-22-44-30-19-20-32-31-17-8-9-18-34(31)40-35(32)24-30/h2-20,23-24,33,36-41H,21-22,25H2,1H3/t33?,36-,37?/m0/s1. The van der Waals surface area contributed by atoms with Gasteiger partial charge in [0.05, 0.1) is 18.2 Å². The molecule has 0 aliphatic rings. The molecular weight excluding hydrogens is 582 g/mol. The molecule has 0 bridgehead atoms. The third kappa shape index (κ3) is 7.37. The molecule has 4 N–H and O–H groups in total. The Balaban J connectivity index is 1.11. The maximum Gasteiger partial charge on any atom is 0.172 e. The van der Waals surface area contributed by atoms with Gasteiger partial charge in [-0.1, -0.05) is 91.0 Å². The molecule has 0 saturated heterocycles. The van der Waals surface area contributed by atoms with Crippen LogP contribution in [-0.2, 0) is 9.84 Å². The zero-order chi connectivity index (χ0) is 31.2. The number of sulfone groups is 1. The van der Waals surface area contributed by atoms with Crippen LogP contribution >= 0.6 is 0 Å². The number of hydrogen-bond donors (Lipinski definition) is 4. The number of rotatable bonds is 13. The number of hydrogen-bond acceptors (Lipinski definition) is 6. The van der Waals surface area contributed by atoms with E-state index in [-0.39, 0.29) is 6.04 Å². The van der Waals surface area contributed by atoms with Crippen molar-refractivity contribution in [1.29, 1.82) is 0 Å². The number of fused-ring (bicyclic) bond motifs is 3. The Bertz CT molecular complexity index is 1980. The predicted octanol–water partition coefficient (Wildman–Crippen LogP) is 7.31. The second-order valence-corrected chi connectivity index (χ2v) is 13.4. The van der Waals surface area contributed by atoms with E-state index >= 15 is 0 Å². The Morgan fingerprint density at radius 2 is 1.40 bits per heavy atom. The Hall–Kier alpha value is -4.63. The van der Waals surface area contributed by atoms with Gasteiger partial charge in [0.2, 0.25) is 0 Å². The number of ether oxygens (including phenoxy) is 1. The zero-order valence-electron chi connectivity index (χ0n) is 25.1. The van der Waals surface area contributed by atoms with E-state index < -0.39 is 21.3 Å². The first kappa shape index (κ1) is 30.4. The van der Waals surface area contributed by atoms with E-state index in [1.165, 1.54) is 17.0 Å². The van der Waals surface area contributed by atoms with E-state index in [1.54, 1.807) is 18.2 Å². The molecule has 3 atom stereocenters. The summed E-state index contributed by atoms with van der Waals surface area (Å²) in [4.78, 5) is 3.47. The summed E-state index contributed by atoms with van der Waals surface area (Å²) < 4.78 is 31.4. The van der Waals surface area contributed by atoms with Crippen molar-refractivity contribution in [3.05, 3.63) is 144 Å². The van der Waals surface area contributed by atoms with Crippen LogP contribution < -0.4 is 15.4 Å². The van der Waals surface area contributed by atoms with Crippen LogP contribution in [0.5, 0.6) is 5.75 Å². The predicted molar refractivity (Wildman–Crippen MR) is 182 cm³/mol. The second-order valence-electron chi connectivity index (χ2n) is 11.3. The molecule has 7 nitrogen and oxygen atoms in total. The zero-order valence-corrected chi connectivity index (χ0v) is 25.9. The quantitative estimate of drug-likeness (QED) is 0.108. The van der Waals surface area contributed by atoms with Crippen molar-refractivity contribution in [1.82, 2.24) is 10.3 Å². The number of para-hydroxylation sites is 1. The molecule has 6 aromatic rings. The molecule has 2 unspecified atom stereocenters. The van der Waals surface area contributed by atoms with Gasteiger partial charge in [-0.2, -0.15) is 0 Å². The highest BCUT2D eigenvalue weighted by atomic mass is 32.2. The lowest BCUT2D eigenvalue weighted by atomic mass is 10.0. The minimum Gasteiger partial charge on any atom is -0.493 e. The number of aliphatic hydroxyl groups is 1. The van der Waals surface area contributed by atoms with Crippen molar-refractivity contribution in [2.45, 2.75) is 23.9 Å². The summed E-state index contributed by atoms with van der Waals surface area (Å²) in [7, 11) is -3.45. The molecule has 0 spiro atoms. The SMILES string of the molecule is CS(=O)(=O)C(Nc1cccc([C@@H](O)CNC(CCOc2ccc3c(c2)[nH]c2ccccc23)c2ccccc2)c1)c1ccccc1. The lowest BCUT2D eigenvalue weighted by molar-refractivity contribution is 0.166. The van der Waals surface area contributed by atoms with Gasteiger partial charge in [-0.15, -0.1) is 0 Å². The van der Waals surface area contributed by atoms with Crippen LogP contribution in [0.4, 0.5) is 5.69 Å². The molecule has 0 amide bonds. The summed E-state index contributed by atoms with van der Waals surface area (Å²) >= 11 is 0. The first-order valence-corrected chi connectivity index (χ1v) is 17.0. The van der Waals surface area contributed by atoms with E-state index in [0.717, 1.165) is 22.3 Å². The monoisotopic (exact) mass is 619 g/mol. The summed E-state index contributed by atoms with van der Waals surface area (Å²) in [6.07, 6.45) is 1.10. The molecule has 0 radical (unpaired) electrons. The minimum atomic E-state index is -3.45. The highest BCUT2D eigenvalue weighted by Gasteiger charge is 2.23. The van der Waals surface area contributed by atoms with Gasteiger partial charge in [-0.05, 0) is 47.0 Å². The number of H-pyrrole nitrogens is 1. The van der Waals surface area contributed by atoms with Gasteiger partial charge in [0.1, 0.15) is 5.75 Å². The first-order chi connectivity index (χ1) is 21.8. The molecule has 0 saturated carbocycles. The summed E-state index contributed by atoms with van der Waals surface area (Å²) in [5.41, 5.74) is 5.20. The van der Waals surface area contributed by atoms with Crippen LogP contribution in [0.3, 0.4) is 0 Å². The number of aromatic amines is 1. The van der Waals surface area contributed by atoms with Gasteiger partial charge < -0.3 is 25.5 Å². The average molecular weight is 620 g/mol. The number of nitrogens with one attached hydrogen (secondary N) is 3. The third-order valence-electron chi connectivity index (χ3n) is 8.01. The van der Waals surface area contributed by atoms with Gasteiger partial charge in [0.15, 0.2) is 15.2 Å². The van der Waals surface area contributed by atoms with Crippen molar-refractivity contribution < 1.29 is 18.3 Å². The van der Waals surface area contributed by atoms with E-state index in [0.29, 0.717) is 36.4 Å². The third-order valence-corrected chi connectivity index (χ3v) is 9.26. The van der Waals surface area contributed by atoms with Gasteiger partial charge in [0.25, 0.3) is 0 Å². The molecule has 6 rings (SSSR count).